The van der Waals surface area contributed by atoms with Crippen LogP contribution < -0.4 is 0 Å². The molecule has 0 bridgehead atoms. The Kier molecular flexibility index (Phi) is 6.38. The molecule has 1 aromatic carbocycles. The summed E-state index contributed by atoms with van der Waals surface area (Å²) in [7, 11) is 0. The van der Waals surface area contributed by atoms with Crippen molar-refractivity contribution < 1.29 is 0 Å². The Morgan fingerprint density at radius 2 is 1.85 bits per heavy atom. The van der Waals surface area contributed by atoms with E-state index < -0.39 is 0 Å². The maximum absolute atomic E-state index is 6.40. The highest BCUT2D eigenvalue weighted by Crippen LogP contribution is 2.30. The van der Waals surface area contributed by atoms with Gasteiger partial charge in [0.2, 0.25) is 0 Å². The second-order valence-corrected chi connectivity index (χ2v) is 6.42. The number of unbranched alkanes of at least 4 members (excludes halogenated alkanes) is 2. The first kappa shape index (κ1) is 15.9. The number of fused-ring (bicyclic) bond motifs is 1. The van der Waals surface area contributed by atoms with E-state index in [1.807, 2.05) is 6.07 Å². The van der Waals surface area contributed by atoms with E-state index in [1.54, 1.807) is 0 Å². The molecular weight excluding hydrogens is 266 g/mol. The first-order valence-corrected chi connectivity index (χ1v) is 8.64. The smallest absolute Gasteiger partial charge is 0.0441 e. The summed E-state index contributed by atoms with van der Waals surface area (Å²) in [6.07, 6.45) is 8.82. The molecule has 1 aliphatic carbocycles. The van der Waals surface area contributed by atoms with Crippen LogP contribution in [0.5, 0.6) is 0 Å². The number of aryl methyl sites for hydroxylation is 1. The molecule has 0 spiro atoms. The molecule has 0 fully saturated rings. The predicted octanol–water partition coefficient (Wildman–Crippen LogP) is 5.10. The second kappa shape index (κ2) is 8.05. The minimum atomic E-state index is 0.695. The Morgan fingerprint density at radius 3 is 2.50 bits per heavy atom. The van der Waals surface area contributed by atoms with Gasteiger partial charge >= 0.3 is 0 Å². The van der Waals surface area contributed by atoms with E-state index in [2.05, 4.69) is 30.9 Å². The minimum Gasteiger partial charge on any atom is -0.300 e. The van der Waals surface area contributed by atoms with Crippen molar-refractivity contribution >= 4 is 11.6 Å². The summed E-state index contributed by atoms with van der Waals surface area (Å²) in [5.41, 5.74) is 2.88. The van der Waals surface area contributed by atoms with Crippen LogP contribution in [0.4, 0.5) is 0 Å². The molecule has 0 radical (unpaired) electrons. The predicted molar refractivity (Wildman–Crippen MR) is 88.7 cm³/mol. The third-order valence-corrected chi connectivity index (χ3v) is 4.87. The molecule has 0 heterocycles. The number of benzene rings is 1. The van der Waals surface area contributed by atoms with E-state index in [0.29, 0.717) is 6.04 Å². The lowest BCUT2D eigenvalue weighted by molar-refractivity contribution is 0.174. The summed E-state index contributed by atoms with van der Waals surface area (Å²) in [6.45, 7) is 7.07. The Hall–Kier alpha value is -0.530. The van der Waals surface area contributed by atoms with Crippen molar-refractivity contribution in [2.24, 2.45) is 0 Å². The van der Waals surface area contributed by atoms with Crippen molar-refractivity contribution in [3.8, 4) is 0 Å². The van der Waals surface area contributed by atoms with Crippen LogP contribution in [-0.4, -0.2) is 24.0 Å². The molecule has 0 aromatic heterocycles. The lowest BCUT2D eigenvalue weighted by atomic mass is 9.87. The zero-order valence-electron chi connectivity index (χ0n) is 13.0. The average Bonchev–Trinajstić information content (AvgIpc) is 2.48. The van der Waals surface area contributed by atoms with Crippen LogP contribution >= 0.6 is 11.6 Å². The van der Waals surface area contributed by atoms with Gasteiger partial charge in [0.05, 0.1) is 0 Å². The normalized spacial score (nSPS) is 18.3. The zero-order chi connectivity index (χ0) is 14.4. The first-order chi connectivity index (χ1) is 9.76. The molecule has 1 nitrogen and oxygen atoms in total. The average molecular weight is 294 g/mol. The molecule has 2 heteroatoms. The monoisotopic (exact) mass is 293 g/mol. The fraction of sp³-hybridized carbons (Fsp3) is 0.667. The van der Waals surface area contributed by atoms with E-state index in [1.165, 1.54) is 62.7 Å². The van der Waals surface area contributed by atoms with E-state index >= 15 is 0 Å². The summed E-state index contributed by atoms with van der Waals surface area (Å²) >= 11 is 6.40. The van der Waals surface area contributed by atoms with Crippen LogP contribution in [-0.2, 0) is 12.8 Å². The number of hydrogen-bond acceptors (Lipinski definition) is 1. The maximum Gasteiger partial charge on any atom is 0.0441 e. The molecule has 20 heavy (non-hydrogen) atoms. The van der Waals surface area contributed by atoms with Crippen molar-refractivity contribution in [1.29, 1.82) is 0 Å². The van der Waals surface area contributed by atoms with Crippen LogP contribution in [0.2, 0.25) is 5.02 Å². The van der Waals surface area contributed by atoms with Gasteiger partial charge in [0, 0.05) is 11.1 Å². The summed E-state index contributed by atoms with van der Waals surface area (Å²) in [5.74, 6) is 0. The van der Waals surface area contributed by atoms with Crippen molar-refractivity contribution in [3.05, 3.63) is 34.3 Å². The Bertz CT molecular complexity index is 408. The summed E-state index contributed by atoms with van der Waals surface area (Å²) in [6, 6.07) is 7.08. The minimum absolute atomic E-state index is 0.695. The van der Waals surface area contributed by atoms with Crippen LogP contribution in [0.15, 0.2) is 18.2 Å². The lowest BCUT2D eigenvalue weighted by Gasteiger charge is -2.35. The Labute approximate surface area is 129 Å². The quantitative estimate of drug-likeness (QED) is 0.676. The number of halogens is 1. The van der Waals surface area contributed by atoms with Gasteiger partial charge in [0.1, 0.15) is 0 Å². The molecule has 0 aliphatic heterocycles. The Balaban J connectivity index is 2.05. The Morgan fingerprint density at radius 1 is 1.15 bits per heavy atom. The van der Waals surface area contributed by atoms with E-state index in [4.69, 9.17) is 11.6 Å². The molecular formula is C18H28ClN. The van der Waals surface area contributed by atoms with Gasteiger partial charge in [0.25, 0.3) is 0 Å². The van der Waals surface area contributed by atoms with Gasteiger partial charge < -0.3 is 4.90 Å². The maximum atomic E-state index is 6.40. The van der Waals surface area contributed by atoms with Gasteiger partial charge in [-0.3, -0.25) is 0 Å². The molecule has 0 amide bonds. The van der Waals surface area contributed by atoms with Crippen LogP contribution in [0.25, 0.3) is 0 Å². The van der Waals surface area contributed by atoms with Crippen molar-refractivity contribution in [3.63, 3.8) is 0 Å². The first-order valence-electron chi connectivity index (χ1n) is 8.26. The van der Waals surface area contributed by atoms with Crippen molar-refractivity contribution in [2.45, 2.75) is 64.8 Å². The van der Waals surface area contributed by atoms with Crippen LogP contribution in [0, 0.1) is 0 Å². The standard InChI is InChI=1S/C18H28ClN/c1-3-5-12-20(13-6-4-2)16-11-10-15-8-7-9-18(19)17(15)14-16/h7-9,16H,3-6,10-14H2,1-2H3. The molecule has 0 N–H and O–H groups in total. The number of hydrogen-bond donors (Lipinski definition) is 0. The van der Waals surface area contributed by atoms with Crippen molar-refractivity contribution in [1.82, 2.24) is 4.90 Å². The summed E-state index contributed by atoms with van der Waals surface area (Å²) < 4.78 is 0. The molecule has 112 valence electrons. The number of rotatable bonds is 7. The van der Waals surface area contributed by atoms with Crippen LogP contribution in [0.3, 0.4) is 0 Å². The summed E-state index contributed by atoms with van der Waals surface area (Å²) in [4.78, 5) is 2.72. The molecule has 1 atom stereocenters. The molecule has 0 saturated carbocycles. The summed E-state index contributed by atoms with van der Waals surface area (Å²) in [5, 5.41) is 0.970. The molecule has 2 rings (SSSR count). The highest BCUT2D eigenvalue weighted by atomic mass is 35.5. The van der Waals surface area contributed by atoms with Crippen molar-refractivity contribution in [2.75, 3.05) is 13.1 Å². The van der Waals surface area contributed by atoms with E-state index in [-0.39, 0.29) is 0 Å². The molecule has 1 aliphatic rings. The van der Waals surface area contributed by atoms with Gasteiger partial charge in [-0.15, -0.1) is 0 Å². The number of nitrogens with zero attached hydrogens (tertiary/aromatic N) is 1. The van der Waals surface area contributed by atoms with Gasteiger partial charge in [-0.2, -0.15) is 0 Å². The molecule has 1 aromatic rings. The van der Waals surface area contributed by atoms with E-state index in [0.717, 1.165) is 11.4 Å². The highest BCUT2D eigenvalue weighted by molar-refractivity contribution is 6.31. The topological polar surface area (TPSA) is 3.24 Å². The van der Waals surface area contributed by atoms with Gasteiger partial charge in [0.15, 0.2) is 0 Å². The van der Waals surface area contributed by atoms with Crippen LogP contribution in [0.1, 0.15) is 57.1 Å². The third kappa shape index (κ3) is 3.99. The fourth-order valence-electron chi connectivity index (χ4n) is 3.24. The highest BCUT2D eigenvalue weighted by Gasteiger charge is 2.24. The molecule has 0 saturated heterocycles. The van der Waals surface area contributed by atoms with E-state index in [9.17, 15) is 0 Å². The van der Waals surface area contributed by atoms with Gasteiger partial charge in [-0.1, -0.05) is 50.4 Å². The lowest BCUT2D eigenvalue weighted by Crippen LogP contribution is -2.40. The zero-order valence-corrected chi connectivity index (χ0v) is 13.8. The molecule has 1 unspecified atom stereocenters. The second-order valence-electron chi connectivity index (χ2n) is 6.02. The fourth-order valence-corrected chi connectivity index (χ4v) is 3.51. The largest absolute Gasteiger partial charge is 0.300 e. The van der Waals surface area contributed by atoms with Gasteiger partial charge in [-0.25, -0.2) is 0 Å². The van der Waals surface area contributed by atoms with Gasteiger partial charge in [-0.05, 0) is 62.4 Å². The SMILES string of the molecule is CCCCN(CCCC)C1CCc2cccc(Cl)c2C1. The third-order valence-electron chi connectivity index (χ3n) is 4.52.